The van der Waals surface area contributed by atoms with E-state index >= 15 is 0 Å². The first-order valence-electron chi connectivity index (χ1n) is 4.84. The van der Waals surface area contributed by atoms with Crippen molar-refractivity contribution in [1.82, 2.24) is 0 Å². The molecule has 15 radical (unpaired) electrons. The van der Waals surface area contributed by atoms with E-state index in [0.717, 1.165) is 0 Å². The summed E-state index contributed by atoms with van der Waals surface area (Å²) in [4.78, 5) is 0. The summed E-state index contributed by atoms with van der Waals surface area (Å²) in [6, 6.07) is 0. The summed E-state index contributed by atoms with van der Waals surface area (Å²) in [6.45, 7) is 0. The Balaban J connectivity index is 5.16. The van der Waals surface area contributed by atoms with E-state index in [1.165, 1.54) is 7.06 Å². The summed E-state index contributed by atoms with van der Waals surface area (Å²) in [5.41, 5.74) is 0. The molecule has 0 N–H and O–H groups in total. The zero-order chi connectivity index (χ0) is 13.7. The van der Waals surface area contributed by atoms with Crippen LogP contribution < -0.4 is 0 Å². The van der Waals surface area contributed by atoms with E-state index in [1.807, 2.05) is 0 Å². The van der Waals surface area contributed by atoms with Crippen molar-refractivity contribution in [2.45, 2.75) is 0 Å². The molecule has 0 aromatic heterocycles. The van der Waals surface area contributed by atoms with Crippen molar-refractivity contribution >= 4 is 146 Å². The van der Waals surface area contributed by atoms with Gasteiger partial charge in [0.25, 0.3) is 0 Å². The monoisotopic (exact) mass is 535 g/mol. The van der Waals surface area contributed by atoms with Crippen molar-refractivity contribution in [3.8, 4) is 0 Å². The molecule has 0 rings (SSSR count). The van der Waals surface area contributed by atoms with Gasteiger partial charge in [-0.2, -0.15) is 0 Å². The molecule has 0 heterocycles. The van der Waals surface area contributed by atoms with E-state index in [4.69, 9.17) is 54.2 Å². The molecule has 0 aliphatic heterocycles. The van der Waals surface area contributed by atoms with E-state index < -0.39 is 30.8 Å². The molecule has 0 saturated carbocycles. The molecular formula is B14I3. The van der Waals surface area contributed by atoms with Gasteiger partial charge >= 0.3 is 146 Å². The molecule has 17 heavy (non-hydrogen) atoms. The molecule has 0 bridgehead atoms. The third-order valence-corrected chi connectivity index (χ3v) is 12.5. The van der Waals surface area contributed by atoms with E-state index in [9.17, 15) is 0 Å². The second-order valence-electron chi connectivity index (χ2n) is 3.74. The van der Waals surface area contributed by atoms with Crippen LogP contribution in [0.5, 0.6) is 0 Å². The SMILES string of the molecule is [B][B]B(B([B])[B])B(B(B([B])[B])B([B])[B])I(I)I. The van der Waals surface area contributed by atoms with Gasteiger partial charge in [0.1, 0.15) is 0 Å². The van der Waals surface area contributed by atoms with Gasteiger partial charge in [0, 0.05) is 0 Å². The fourth-order valence-corrected chi connectivity index (χ4v) is 13.0. The summed E-state index contributed by atoms with van der Waals surface area (Å²) in [5.74, 6) is 0. The second kappa shape index (κ2) is 9.93. The normalized spacial score (nSPS) is 10.1. The Kier molecular flexibility index (Phi) is 11.7. The number of hydrogen-bond acceptors (Lipinski definition) is 0. The summed E-state index contributed by atoms with van der Waals surface area (Å²) in [5, 5.41) is 0. The quantitative estimate of drug-likeness (QED) is 0.248. The molecule has 0 spiro atoms. The van der Waals surface area contributed by atoms with Crippen LogP contribution in [0, 0.1) is 0 Å². The molecule has 0 unspecified atom stereocenters. The zero-order valence-electron chi connectivity index (χ0n) is 9.22. The van der Waals surface area contributed by atoms with Crippen LogP contribution in [0.25, 0.3) is 0 Å². The molecule has 0 fully saturated rings. The van der Waals surface area contributed by atoms with Gasteiger partial charge in [-0.25, -0.2) is 0 Å². The predicted octanol–water partition coefficient (Wildman–Crippen LogP) is -2.67. The molecule has 0 amide bonds. The first-order valence-corrected chi connectivity index (χ1v) is 18.7. The standard InChI is InChI=1S/B14I3/c1-8-12(9(2)3)14(17(15)16)13(10(4)5)11(6)7. The Morgan fingerprint density at radius 2 is 1.24 bits per heavy atom. The molecule has 63 valence electrons. The molecule has 0 saturated heterocycles. The van der Waals surface area contributed by atoms with E-state index in [2.05, 4.69) is 37.2 Å². The van der Waals surface area contributed by atoms with Crippen LogP contribution in [-0.2, 0) is 0 Å². The van der Waals surface area contributed by atoms with Gasteiger partial charge in [0.05, 0.1) is 0 Å². The maximum atomic E-state index is 5.77. The Hall–Kier alpha value is 3.10. The number of rotatable bonds is 7. The van der Waals surface area contributed by atoms with Crippen LogP contribution in [0.4, 0.5) is 0 Å². The maximum absolute atomic E-state index is 5.77. The summed E-state index contributed by atoms with van der Waals surface area (Å²) >= 11 is 3.37. The van der Waals surface area contributed by atoms with E-state index in [0.29, 0.717) is 0 Å². The van der Waals surface area contributed by atoms with Gasteiger partial charge in [0.2, 0.25) is 0 Å². The van der Waals surface area contributed by atoms with Gasteiger partial charge in [-0.05, 0) is 0 Å². The first kappa shape index (κ1) is 20.1. The summed E-state index contributed by atoms with van der Waals surface area (Å²) < 4.78 is 0.0744. The first-order chi connectivity index (χ1) is 7.73. The summed E-state index contributed by atoms with van der Waals surface area (Å²) in [7, 11) is 41.7. The molecule has 0 aromatic rings. The molecule has 0 nitrogen and oxygen atoms in total. The summed E-state index contributed by atoms with van der Waals surface area (Å²) in [6.07, 6.45) is -2.19. The zero-order valence-corrected chi connectivity index (χ0v) is 15.7. The third-order valence-electron chi connectivity index (χ3n) is 2.48. The Labute approximate surface area is 144 Å². The van der Waals surface area contributed by atoms with Crippen LogP contribution in [0.15, 0.2) is 0 Å². The van der Waals surface area contributed by atoms with Crippen LogP contribution in [0.2, 0.25) is 0 Å². The fraction of sp³-hybridized carbons (Fsp3) is 0. The molecule has 0 atom stereocenters. The van der Waals surface area contributed by atoms with Gasteiger partial charge < -0.3 is 0 Å². The Morgan fingerprint density at radius 3 is 1.41 bits per heavy atom. The minimum atomic E-state index is -1.42. The third kappa shape index (κ3) is 6.59. The topological polar surface area (TPSA) is 0 Å². The average molecular weight is 532 g/mol. The second-order valence-corrected chi connectivity index (χ2v) is 28.7. The molecule has 0 aromatic carbocycles. The average Bonchev–Trinajstić information content (AvgIpc) is 2.15. The van der Waals surface area contributed by atoms with Crippen molar-refractivity contribution in [2.75, 3.05) is 0 Å². The molecular weight excluding hydrogens is 532 g/mol. The van der Waals surface area contributed by atoms with Crippen molar-refractivity contribution < 1.29 is 0 Å². The van der Waals surface area contributed by atoms with Gasteiger partial charge in [-0.3, -0.25) is 0 Å². The predicted molar refractivity (Wildman–Crippen MR) is 123 cm³/mol. The van der Waals surface area contributed by atoms with Crippen molar-refractivity contribution in [1.29, 1.82) is 0 Å². The number of hydrogen-bond donors (Lipinski definition) is 0. The molecule has 0 aliphatic rings. The van der Waals surface area contributed by atoms with Crippen molar-refractivity contribution in [3.63, 3.8) is 0 Å². The minimum absolute atomic E-state index is 0.0744. The molecule has 0 aliphatic carbocycles. The van der Waals surface area contributed by atoms with Crippen LogP contribution in [0.3, 0.4) is 0 Å². The van der Waals surface area contributed by atoms with E-state index in [1.54, 1.807) is 0 Å². The van der Waals surface area contributed by atoms with Crippen LogP contribution in [0.1, 0.15) is 0 Å². The Morgan fingerprint density at radius 1 is 0.824 bits per heavy atom. The van der Waals surface area contributed by atoms with Crippen molar-refractivity contribution in [3.05, 3.63) is 0 Å². The number of halogens is 3. The Bertz CT molecular complexity index is 192. The van der Waals surface area contributed by atoms with Crippen LogP contribution >= 0.6 is 48.9 Å². The molecule has 17 heteroatoms. The van der Waals surface area contributed by atoms with Gasteiger partial charge in [0.15, 0.2) is 0 Å². The van der Waals surface area contributed by atoms with Crippen molar-refractivity contribution in [2.24, 2.45) is 0 Å². The van der Waals surface area contributed by atoms with Crippen LogP contribution in [-0.4, -0.2) is 97.5 Å². The van der Waals surface area contributed by atoms with Gasteiger partial charge in [-0.15, -0.1) is 0 Å². The van der Waals surface area contributed by atoms with E-state index in [-0.39, 0.29) is 17.1 Å². The fourth-order valence-electron chi connectivity index (χ4n) is 1.60. The van der Waals surface area contributed by atoms with Gasteiger partial charge in [-0.1, -0.05) is 0 Å².